The zero-order valence-corrected chi connectivity index (χ0v) is 24.4. The fraction of sp³-hybridized carbons (Fsp3) is 0.697. The third kappa shape index (κ3) is 3.84. The Morgan fingerprint density at radius 3 is 1.24 bits per heavy atom. The number of fused-ring (bicyclic) bond motifs is 20. The summed E-state index contributed by atoms with van der Waals surface area (Å²) in [6.45, 7) is 0. The molecule has 5 heterocycles. The highest BCUT2D eigenvalue weighted by Crippen LogP contribution is 2.49. The number of aromatic nitrogens is 8. The quantitative estimate of drug-likeness (QED) is 0.386. The Bertz CT molecular complexity index is 1470. The first-order chi connectivity index (χ1) is 20.2. The minimum absolute atomic E-state index is 0.379. The summed E-state index contributed by atoms with van der Waals surface area (Å²) in [6.07, 6.45) is 19.2. The normalized spacial score (nSPS) is 31.4. The molecular weight excluding hydrogens is 508 g/mol. The molecule has 6 unspecified atom stereocenters. The Labute approximate surface area is 242 Å². The highest BCUT2D eigenvalue weighted by atomic mass is 15.1. The van der Waals surface area contributed by atoms with Crippen molar-refractivity contribution in [2.24, 2.45) is 7.05 Å². The van der Waals surface area contributed by atoms with Gasteiger partial charge in [-0.2, -0.15) is 0 Å². The number of hydrogen-bond acceptors (Lipinski definition) is 6. The number of hydrogen-bond donors (Lipinski definition) is 1. The molecule has 8 nitrogen and oxygen atoms in total. The summed E-state index contributed by atoms with van der Waals surface area (Å²) in [7, 11) is 2.17. The molecule has 0 amide bonds. The SMILES string of the molecule is Cn1c2nc3nc(nc4[nH]c(nc5nc(nc1c1c2CCCC1)C1CCCCC51)C1CCCCC41)C1CCCCC31. The van der Waals surface area contributed by atoms with Crippen LogP contribution in [-0.4, -0.2) is 39.5 Å². The van der Waals surface area contributed by atoms with Gasteiger partial charge in [-0.15, -0.1) is 0 Å². The maximum Gasteiger partial charge on any atom is 0.139 e. The van der Waals surface area contributed by atoms with Crippen LogP contribution >= 0.6 is 0 Å². The minimum Gasteiger partial charge on any atom is -0.331 e. The van der Waals surface area contributed by atoms with Crippen LogP contribution in [-0.2, 0) is 19.9 Å². The molecule has 4 aliphatic carbocycles. The molecule has 2 aromatic heterocycles. The molecule has 3 saturated carbocycles. The third-order valence-corrected chi connectivity index (χ3v) is 11.6. The van der Waals surface area contributed by atoms with E-state index in [-0.39, 0.29) is 0 Å². The molecule has 0 saturated heterocycles. The Morgan fingerprint density at radius 2 is 0.829 bits per heavy atom. The number of nitrogens with zero attached hydrogens (tertiary/aromatic N) is 7. The molecule has 3 aliphatic heterocycles. The zero-order chi connectivity index (χ0) is 27.1. The molecule has 1 N–H and O–H groups in total. The predicted octanol–water partition coefficient (Wildman–Crippen LogP) is 6.83. The van der Waals surface area contributed by atoms with Gasteiger partial charge in [0.2, 0.25) is 0 Å². The van der Waals surface area contributed by atoms with Gasteiger partial charge in [-0.1, -0.05) is 38.5 Å². The minimum atomic E-state index is 0.379. The van der Waals surface area contributed by atoms with Crippen molar-refractivity contribution in [3.8, 4) is 0 Å². The molecule has 8 bridgehead atoms. The van der Waals surface area contributed by atoms with Gasteiger partial charge in [0.15, 0.2) is 0 Å². The van der Waals surface area contributed by atoms with Crippen LogP contribution in [0.2, 0.25) is 0 Å². The van der Waals surface area contributed by atoms with E-state index in [1.165, 1.54) is 88.2 Å². The largest absolute Gasteiger partial charge is 0.331 e. The Balaban J connectivity index is 1.37. The highest BCUT2D eigenvalue weighted by molar-refractivity contribution is 5.68. The molecule has 41 heavy (non-hydrogen) atoms. The van der Waals surface area contributed by atoms with E-state index in [4.69, 9.17) is 29.9 Å². The van der Waals surface area contributed by atoms with E-state index in [0.29, 0.717) is 35.5 Å². The van der Waals surface area contributed by atoms with E-state index in [1.807, 2.05) is 0 Å². The number of H-pyrrole nitrogens is 1. The van der Waals surface area contributed by atoms with Crippen molar-refractivity contribution in [3.63, 3.8) is 0 Å². The van der Waals surface area contributed by atoms with Gasteiger partial charge < -0.3 is 9.55 Å². The van der Waals surface area contributed by atoms with Gasteiger partial charge in [0.1, 0.15) is 46.2 Å². The summed E-state index contributed by atoms with van der Waals surface area (Å²) in [5.74, 6) is 8.63. The van der Waals surface area contributed by atoms with Crippen molar-refractivity contribution in [2.75, 3.05) is 0 Å². The first kappa shape index (κ1) is 24.7. The average molecular weight is 551 g/mol. The van der Waals surface area contributed by atoms with Crippen molar-refractivity contribution in [3.05, 3.63) is 46.1 Å². The van der Waals surface area contributed by atoms with Crippen LogP contribution in [0.25, 0.3) is 11.3 Å². The highest BCUT2D eigenvalue weighted by Gasteiger charge is 2.41. The van der Waals surface area contributed by atoms with Gasteiger partial charge in [-0.25, -0.2) is 29.9 Å². The number of nitrogens with one attached hydrogen (secondary N) is 1. The summed E-state index contributed by atoms with van der Waals surface area (Å²) in [5, 5.41) is 0. The van der Waals surface area contributed by atoms with Crippen molar-refractivity contribution < 1.29 is 0 Å². The van der Waals surface area contributed by atoms with Gasteiger partial charge in [-0.3, -0.25) is 0 Å². The van der Waals surface area contributed by atoms with Crippen molar-refractivity contribution in [1.29, 1.82) is 0 Å². The van der Waals surface area contributed by atoms with E-state index in [2.05, 4.69) is 16.6 Å². The monoisotopic (exact) mass is 550 g/mol. The standard InChI is InChI=1S/C33H42N8/c1-41-32-24-16-8-9-17-25(24)33(41)40-31-23-15-7-5-13-21(23)29(38-31)36-27-19-11-3-2-10-18(19)26(34-27)35-28-20-12-4-6-14-22(20)30(37-28)39-32/h18-23H,2-17H2,1H3,(H,34,35,36,37,38,39,40). The molecule has 2 aromatic rings. The molecule has 6 atom stereocenters. The van der Waals surface area contributed by atoms with Gasteiger partial charge in [0.05, 0.1) is 0 Å². The van der Waals surface area contributed by atoms with Crippen LogP contribution in [0.5, 0.6) is 0 Å². The van der Waals surface area contributed by atoms with E-state index in [1.54, 1.807) is 0 Å². The fourth-order valence-corrected chi connectivity index (χ4v) is 9.47. The van der Waals surface area contributed by atoms with Crippen molar-refractivity contribution in [1.82, 2.24) is 39.5 Å². The smallest absolute Gasteiger partial charge is 0.139 e. The second-order valence-electron chi connectivity index (χ2n) is 13.9. The second-order valence-corrected chi connectivity index (χ2v) is 13.9. The van der Waals surface area contributed by atoms with Gasteiger partial charge in [0, 0.05) is 53.7 Å². The zero-order valence-electron chi connectivity index (χ0n) is 24.4. The lowest BCUT2D eigenvalue weighted by molar-refractivity contribution is 0.376. The Hall–Kier alpha value is -2.90. The van der Waals surface area contributed by atoms with Crippen molar-refractivity contribution in [2.45, 2.75) is 138 Å². The number of aryl methyl sites for hydroxylation is 3. The van der Waals surface area contributed by atoms with Crippen LogP contribution in [0.15, 0.2) is 0 Å². The maximum absolute atomic E-state index is 5.44. The lowest BCUT2D eigenvalue weighted by Crippen LogP contribution is -2.15. The van der Waals surface area contributed by atoms with Gasteiger partial charge in [-0.05, 0) is 64.2 Å². The number of rotatable bonds is 0. The van der Waals surface area contributed by atoms with Crippen LogP contribution < -0.4 is 0 Å². The van der Waals surface area contributed by atoms with Crippen LogP contribution in [0.1, 0.15) is 171 Å². The first-order valence-corrected chi connectivity index (χ1v) is 16.7. The summed E-state index contributed by atoms with van der Waals surface area (Å²) < 4.78 is 2.27. The molecule has 0 radical (unpaired) electrons. The number of aromatic amines is 1. The molecule has 214 valence electrons. The van der Waals surface area contributed by atoms with Crippen molar-refractivity contribution >= 4 is 11.3 Å². The van der Waals surface area contributed by atoms with Gasteiger partial charge in [0.25, 0.3) is 0 Å². The first-order valence-electron chi connectivity index (χ1n) is 16.7. The third-order valence-electron chi connectivity index (χ3n) is 11.6. The lowest BCUT2D eigenvalue weighted by Gasteiger charge is -2.26. The van der Waals surface area contributed by atoms with E-state index in [0.717, 1.165) is 71.9 Å². The van der Waals surface area contributed by atoms with Crippen LogP contribution in [0, 0.1) is 0 Å². The average Bonchev–Trinajstić information content (AvgIpc) is 3.72. The fourth-order valence-electron chi connectivity index (χ4n) is 9.47. The second kappa shape index (κ2) is 9.56. The molecule has 9 rings (SSSR count). The summed E-state index contributed by atoms with van der Waals surface area (Å²) >= 11 is 0. The molecule has 8 heteroatoms. The van der Waals surface area contributed by atoms with Crippen LogP contribution in [0.4, 0.5) is 0 Å². The maximum atomic E-state index is 5.44. The van der Waals surface area contributed by atoms with Crippen LogP contribution in [0.3, 0.4) is 0 Å². The summed E-state index contributed by atoms with van der Waals surface area (Å²) in [4.78, 5) is 36.0. The van der Waals surface area contributed by atoms with Gasteiger partial charge >= 0.3 is 0 Å². The summed E-state index contributed by atoms with van der Waals surface area (Å²) in [5.41, 5.74) is 4.95. The van der Waals surface area contributed by atoms with E-state index >= 15 is 0 Å². The Morgan fingerprint density at radius 1 is 0.463 bits per heavy atom. The predicted molar refractivity (Wildman–Crippen MR) is 157 cm³/mol. The molecular formula is C33H42N8. The molecule has 7 aliphatic rings. The molecule has 0 aromatic carbocycles. The lowest BCUT2D eigenvalue weighted by atomic mass is 9.79. The Kier molecular flexibility index (Phi) is 5.76. The molecule has 0 spiro atoms. The van der Waals surface area contributed by atoms with E-state index in [9.17, 15) is 0 Å². The topological polar surface area (TPSA) is 98.1 Å². The van der Waals surface area contributed by atoms with E-state index < -0.39 is 0 Å². The molecule has 3 fully saturated rings. The summed E-state index contributed by atoms with van der Waals surface area (Å²) in [6, 6.07) is 0.